The standard InChI is InChI=1S/C21H23N3O3/c1-26-17-10-7-14(8-11-17)20-24-18-12-9-16(13-19(18)27-20)23-21(25)22-15-5-3-2-4-6-15/h7-13,15H,2-6H2,1H3,(H2,22,23,25). The van der Waals surface area contributed by atoms with E-state index in [4.69, 9.17) is 9.15 Å². The minimum absolute atomic E-state index is 0.170. The van der Waals surface area contributed by atoms with Crippen LogP contribution in [0.5, 0.6) is 5.75 Å². The van der Waals surface area contributed by atoms with Crippen LogP contribution >= 0.6 is 0 Å². The predicted octanol–water partition coefficient (Wildman–Crippen LogP) is 4.96. The summed E-state index contributed by atoms with van der Waals surface area (Å²) in [6.45, 7) is 0. The van der Waals surface area contributed by atoms with Crippen molar-refractivity contribution in [2.24, 2.45) is 0 Å². The molecule has 0 bridgehead atoms. The summed E-state index contributed by atoms with van der Waals surface area (Å²) in [7, 11) is 1.63. The number of carbonyl (C=O) groups is 1. The number of carbonyl (C=O) groups excluding carboxylic acids is 1. The fourth-order valence-corrected chi connectivity index (χ4v) is 3.46. The molecule has 1 fully saturated rings. The van der Waals surface area contributed by atoms with E-state index in [1.54, 1.807) is 13.2 Å². The number of rotatable bonds is 4. The molecule has 2 aromatic carbocycles. The van der Waals surface area contributed by atoms with Crippen LogP contribution in [0.2, 0.25) is 0 Å². The summed E-state index contributed by atoms with van der Waals surface area (Å²) in [5.41, 5.74) is 2.94. The number of fused-ring (bicyclic) bond motifs is 1. The maximum absolute atomic E-state index is 12.2. The van der Waals surface area contributed by atoms with Crippen LogP contribution in [0, 0.1) is 0 Å². The molecule has 2 amide bonds. The summed E-state index contributed by atoms with van der Waals surface area (Å²) in [6, 6.07) is 13.1. The fraction of sp³-hybridized carbons (Fsp3) is 0.333. The molecule has 6 heteroatoms. The number of hydrogen-bond acceptors (Lipinski definition) is 4. The molecule has 1 aliphatic carbocycles. The van der Waals surface area contributed by atoms with Crippen molar-refractivity contribution in [2.45, 2.75) is 38.1 Å². The van der Waals surface area contributed by atoms with Crippen LogP contribution in [0.3, 0.4) is 0 Å². The quantitative estimate of drug-likeness (QED) is 0.685. The summed E-state index contributed by atoms with van der Waals surface area (Å²) in [5, 5.41) is 5.94. The zero-order chi connectivity index (χ0) is 18.6. The Labute approximate surface area is 157 Å². The van der Waals surface area contributed by atoms with Gasteiger partial charge in [-0.2, -0.15) is 0 Å². The SMILES string of the molecule is COc1ccc(-c2nc3ccc(NC(=O)NC4CCCCC4)cc3o2)cc1. The van der Waals surface area contributed by atoms with E-state index in [9.17, 15) is 4.79 Å². The zero-order valence-electron chi connectivity index (χ0n) is 15.3. The zero-order valence-corrected chi connectivity index (χ0v) is 15.3. The number of nitrogens with one attached hydrogen (secondary N) is 2. The maximum atomic E-state index is 12.2. The molecule has 0 radical (unpaired) electrons. The largest absolute Gasteiger partial charge is 0.497 e. The third kappa shape index (κ3) is 4.05. The van der Waals surface area contributed by atoms with Gasteiger partial charge in [-0.25, -0.2) is 9.78 Å². The molecule has 0 aliphatic heterocycles. The van der Waals surface area contributed by atoms with Gasteiger partial charge in [-0.05, 0) is 49.2 Å². The van der Waals surface area contributed by atoms with E-state index >= 15 is 0 Å². The molecule has 1 saturated carbocycles. The lowest BCUT2D eigenvalue weighted by molar-refractivity contribution is 0.244. The van der Waals surface area contributed by atoms with Gasteiger partial charge < -0.3 is 19.8 Å². The van der Waals surface area contributed by atoms with Crippen LogP contribution in [0.1, 0.15) is 32.1 Å². The number of urea groups is 1. The monoisotopic (exact) mass is 365 g/mol. The van der Waals surface area contributed by atoms with Gasteiger partial charge >= 0.3 is 6.03 Å². The molecular formula is C21H23N3O3. The van der Waals surface area contributed by atoms with Crippen LogP contribution < -0.4 is 15.4 Å². The van der Waals surface area contributed by atoms with Crippen molar-refractivity contribution < 1.29 is 13.9 Å². The Balaban J connectivity index is 1.47. The second-order valence-corrected chi connectivity index (χ2v) is 6.86. The second-order valence-electron chi connectivity index (χ2n) is 6.86. The van der Waals surface area contributed by atoms with E-state index in [1.165, 1.54) is 19.3 Å². The van der Waals surface area contributed by atoms with E-state index in [2.05, 4.69) is 15.6 Å². The molecule has 6 nitrogen and oxygen atoms in total. The molecule has 2 N–H and O–H groups in total. The van der Waals surface area contributed by atoms with Crippen molar-refractivity contribution in [3.63, 3.8) is 0 Å². The van der Waals surface area contributed by atoms with E-state index in [1.807, 2.05) is 36.4 Å². The number of aromatic nitrogens is 1. The molecule has 1 heterocycles. The highest BCUT2D eigenvalue weighted by Crippen LogP contribution is 2.27. The van der Waals surface area contributed by atoms with E-state index in [0.717, 1.165) is 29.7 Å². The van der Waals surface area contributed by atoms with Crippen LogP contribution in [0.15, 0.2) is 46.9 Å². The number of ether oxygens (including phenoxy) is 1. The number of anilines is 1. The van der Waals surface area contributed by atoms with Crippen molar-refractivity contribution >= 4 is 22.8 Å². The smallest absolute Gasteiger partial charge is 0.319 e. The lowest BCUT2D eigenvalue weighted by Crippen LogP contribution is -2.38. The lowest BCUT2D eigenvalue weighted by atomic mass is 9.96. The first-order valence-corrected chi connectivity index (χ1v) is 9.34. The van der Waals surface area contributed by atoms with Crippen molar-refractivity contribution in [3.8, 4) is 17.2 Å². The predicted molar refractivity (Wildman–Crippen MR) is 105 cm³/mol. The number of methoxy groups -OCH3 is 1. The topological polar surface area (TPSA) is 76.4 Å². The molecule has 1 aromatic heterocycles. The fourth-order valence-electron chi connectivity index (χ4n) is 3.46. The Kier molecular flexibility index (Phi) is 4.96. The molecule has 3 aromatic rings. The third-order valence-electron chi connectivity index (χ3n) is 4.92. The minimum Gasteiger partial charge on any atom is -0.497 e. The van der Waals surface area contributed by atoms with Gasteiger partial charge in [-0.3, -0.25) is 0 Å². The van der Waals surface area contributed by atoms with Crippen LogP contribution in [-0.2, 0) is 0 Å². The van der Waals surface area contributed by atoms with Gasteiger partial charge in [-0.1, -0.05) is 19.3 Å². The summed E-state index contributed by atoms with van der Waals surface area (Å²) in [4.78, 5) is 16.7. The van der Waals surface area contributed by atoms with Crippen molar-refractivity contribution in [1.29, 1.82) is 0 Å². The van der Waals surface area contributed by atoms with Gasteiger partial charge in [0.05, 0.1) is 7.11 Å². The average molecular weight is 365 g/mol. The maximum Gasteiger partial charge on any atom is 0.319 e. The molecule has 4 rings (SSSR count). The van der Waals surface area contributed by atoms with Gasteiger partial charge in [0.15, 0.2) is 5.58 Å². The highest BCUT2D eigenvalue weighted by Gasteiger charge is 2.16. The molecule has 0 unspecified atom stereocenters. The second kappa shape index (κ2) is 7.70. The molecule has 0 spiro atoms. The first-order chi connectivity index (χ1) is 13.2. The number of hydrogen-bond donors (Lipinski definition) is 2. The summed E-state index contributed by atoms with van der Waals surface area (Å²) in [6.07, 6.45) is 5.74. The molecule has 0 atom stereocenters. The van der Waals surface area contributed by atoms with Crippen molar-refractivity contribution in [3.05, 3.63) is 42.5 Å². The molecule has 27 heavy (non-hydrogen) atoms. The van der Waals surface area contributed by atoms with E-state index in [-0.39, 0.29) is 12.1 Å². The minimum atomic E-state index is -0.170. The molecular weight excluding hydrogens is 342 g/mol. The highest BCUT2D eigenvalue weighted by atomic mass is 16.5. The first kappa shape index (κ1) is 17.4. The molecule has 1 aliphatic rings. The van der Waals surface area contributed by atoms with Crippen LogP contribution in [-0.4, -0.2) is 24.2 Å². The Morgan fingerprint density at radius 2 is 1.89 bits per heavy atom. The lowest BCUT2D eigenvalue weighted by Gasteiger charge is -2.22. The first-order valence-electron chi connectivity index (χ1n) is 9.34. The summed E-state index contributed by atoms with van der Waals surface area (Å²) in [5.74, 6) is 1.32. The Hall–Kier alpha value is -3.02. The number of benzene rings is 2. The van der Waals surface area contributed by atoms with Gasteiger partial charge in [0.1, 0.15) is 11.3 Å². The van der Waals surface area contributed by atoms with E-state index < -0.39 is 0 Å². The summed E-state index contributed by atoms with van der Waals surface area (Å²) >= 11 is 0. The van der Waals surface area contributed by atoms with Crippen molar-refractivity contribution in [1.82, 2.24) is 10.3 Å². The number of oxazole rings is 1. The van der Waals surface area contributed by atoms with Gasteiger partial charge in [0, 0.05) is 23.4 Å². The van der Waals surface area contributed by atoms with Gasteiger partial charge in [0.2, 0.25) is 5.89 Å². The number of nitrogens with zero attached hydrogens (tertiary/aromatic N) is 1. The average Bonchev–Trinajstić information content (AvgIpc) is 3.12. The van der Waals surface area contributed by atoms with Gasteiger partial charge in [-0.15, -0.1) is 0 Å². The van der Waals surface area contributed by atoms with Crippen LogP contribution in [0.4, 0.5) is 10.5 Å². The highest BCUT2D eigenvalue weighted by molar-refractivity contribution is 5.92. The Bertz CT molecular complexity index is 927. The molecule has 140 valence electrons. The van der Waals surface area contributed by atoms with Crippen LogP contribution in [0.25, 0.3) is 22.6 Å². The third-order valence-corrected chi connectivity index (χ3v) is 4.92. The summed E-state index contributed by atoms with van der Waals surface area (Å²) < 4.78 is 11.1. The normalized spacial score (nSPS) is 14.9. The Morgan fingerprint density at radius 1 is 1.11 bits per heavy atom. The number of amides is 2. The van der Waals surface area contributed by atoms with Crippen molar-refractivity contribution in [2.75, 3.05) is 12.4 Å². The van der Waals surface area contributed by atoms with Gasteiger partial charge in [0.25, 0.3) is 0 Å². The van der Waals surface area contributed by atoms with E-state index in [0.29, 0.717) is 17.2 Å². The molecule has 0 saturated heterocycles. The Morgan fingerprint density at radius 3 is 2.63 bits per heavy atom.